The van der Waals surface area contributed by atoms with Gasteiger partial charge in [0.05, 0.1) is 0 Å². The van der Waals surface area contributed by atoms with E-state index in [1.807, 2.05) is 12.1 Å². The molecule has 1 amide bonds. The van der Waals surface area contributed by atoms with E-state index in [4.69, 9.17) is 11.6 Å². The van der Waals surface area contributed by atoms with Crippen molar-refractivity contribution in [1.29, 1.82) is 0 Å². The van der Waals surface area contributed by atoms with Crippen LogP contribution in [0.3, 0.4) is 0 Å². The number of piperazine rings is 1. The molecule has 1 aliphatic carbocycles. The largest absolute Gasteiger partial charge is 0.368 e. The second-order valence-electron chi connectivity index (χ2n) is 6.22. The minimum absolute atomic E-state index is 0.296. The van der Waals surface area contributed by atoms with Crippen LogP contribution in [0, 0.1) is 12.8 Å². The normalized spacial score (nSPS) is 20.1. The lowest BCUT2D eigenvalue weighted by molar-refractivity contribution is -0.135. The fraction of sp³-hybridized carbons (Fsp3) is 0.588. The average Bonchev–Trinajstić information content (AvgIpc) is 3.03. The molecule has 1 heterocycles. The van der Waals surface area contributed by atoms with Gasteiger partial charge < -0.3 is 9.80 Å². The number of benzene rings is 1. The minimum Gasteiger partial charge on any atom is -0.368 e. The fourth-order valence-electron chi connectivity index (χ4n) is 3.52. The minimum atomic E-state index is 0.296. The molecule has 0 bridgehead atoms. The highest BCUT2D eigenvalue weighted by Crippen LogP contribution is 2.28. The zero-order chi connectivity index (χ0) is 14.8. The molecule has 1 saturated heterocycles. The van der Waals surface area contributed by atoms with Gasteiger partial charge in [0.2, 0.25) is 5.91 Å². The van der Waals surface area contributed by atoms with E-state index in [9.17, 15) is 4.79 Å². The molecule has 0 aromatic heterocycles. The number of carbonyl (C=O) groups is 1. The van der Waals surface area contributed by atoms with Gasteiger partial charge in [0.1, 0.15) is 0 Å². The van der Waals surface area contributed by atoms with Crippen molar-refractivity contribution in [1.82, 2.24) is 4.90 Å². The molecule has 1 aliphatic heterocycles. The lowest BCUT2D eigenvalue weighted by atomic mass is 10.1. The van der Waals surface area contributed by atoms with E-state index in [1.165, 1.54) is 24.1 Å². The number of amides is 1. The van der Waals surface area contributed by atoms with Crippen LogP contribution in [0.25, 0.3) is 0 Å². The lowest BCUT2D eigenvalue weighted by Crippen LogP contribution is -2.50. The van der Waals surface area contributed by atoms with E-state index in [0.29, 0.717) is 11.8 Å². The van der Waals surface area contributed by atoms with Gasteiger partial charge in [-0.2, -0.15) is 0 Å². The molecule has 2 aliphatic rings. The van der Waals surface area contributed by atoms with Crippen LogP contribution >= 0.6 is 11.6 Å². The van der Waals surface area contributed by atoms with E-state index >= 15 is 0 Å². The molecule has 21 heavy (non-hydrogen) atoms. The maximum Gasteiger partial charge on any atom is 0.225 e. The molecule has 1 aromatic rings. The first-order chi connectivity index (χ1) is 10.1. The Morgan fingerprint density at radius 1 is 1.14 bits per heavy atom. The van der Waals surface area contributed by atoms with Gasteiger partial charge in [0.15, 0.2) is 0 Å². The van der Waals surface area contributed by atoms with Crippen molar-refractivity contribution in [3.8, 4) is 0 Å². The van der Waals surface area contributed by atoms with E-state index < -0.39 is 0 Å². The van der Waals surface area contributed by atoms with Crippen molar-refractivity contribution >= 4 is 23.2 Å². The quantitative estimate of drug-likeness (QED) is 0.835. The summed E-state index contributed by atoms with van der Waals surface area (Å²) in [5.41, 5.74) is 2.45. The monoisotopic (exact) mass is 306 g/mol. The first-order valence-corrected chi connectivity index (χ1v) is 8.33. The number of carbonyl (C=O) groups excluding carboxylic acids is 1. The molecule has 114 valence electrons. The van der Waals surface area contributed by atoms with Crippen molar-refractivity contribution in [3.63, 3.8) is 0 Å². The Bertz CT molecular complexity index is 518. The third-order valence-corrected chi connectivity index (χ3v) is 5.04. The second kappa shape index (κ2) is 6.27. The Morgan fingerprint density at radius 3 is 2.48 bits per heavy atom. The highest BCUT2D eigenvalue weighted by molar-refractivity contribution is 6.30. The first-order valence-electron chi connectivity index (χ1n) is 7.95. The Labute approximate surface area is 131 Å². The van der Waals surface area contributed by atoms with Crippen molar-refractivity contribution in [2.75, 3.05) is 31.1 Å². The number of halogens is 1. The van der Waals surface area contributed by atoms with Crippen LogP contribution in [0.1, 0.15) is 31.2 Å². The molecule has 0 unspecified atom stereocenters. The third kappa shape index (κ3) is 3.18. The average molecular weight is 307 g/mol. The maximum atomic E-state index is 12.5. The summed E-state index contributed by atoms with van der Waals surface area (Å²) in [6.45, 7) is 5.59. The van der Waals surface area contributed by atoms with Gasteiger partial charge in [-0.25, -0.2) is 0 Å². The van der Waals surface area contributed by atoms with Crippen molar-refractivity contribution in [2.45, 2.75) is 32.6 Å². The van der Waals surface area contributed by atoms with Crippen molar-refractivity contribution in [3.05, 3.63) is 28.8 Å². The molecule has 3 nitrogen and oxygen atoms in total. The molecular formula is C17H23ClN2O. The molecule has 0 N–H and O–H groups in total. The van der Waals surface area contributed by atoms with E-state index in [-0.39, 0.29) is 0 Å². The summed E-state index contributed by atoms with van der Waals surface area (Å²) in [4.78, 5) is 16.9. The van der Waals surface area contributed by atoms with Crippen LogP contribution < -0.4 is 4.90 Å². The predicted molar refractivity (Wildman–Crippen MR) is 86.9 cm³/mol. The van der Waals surface area contributed by atoms with Crippen LogP contribution in [0.4, 0.5) is 5.69 Å². The molecule has 0 atom stereocenters. The van der Waals surface area contributed by atoms with Crippen LogP contribution in [-0.2, 0) is 4.79 Å². The van der Waals surface area contributed by atoms with Crippen LogP contribution in [0.5, 0.6) is 0 Å². The highest BCUT2D eigenvalue weighted by atomic mass is 35.5. The number of nitrogens with zero attached hydrogens (tertiary/aromatic N) is 2. The van der Waals surface area contributed by atoms with Gasteiger partial charge in [-0.3, -0.25) is 4.79 Å². The summed E-state index contributed by atoms with van der Waals surface area (Å²) in [5, 5.41) is 0.778. The predicted octanol–water partition coefficient (Wildman–Crippen LogP) is 3.49. The van der Waals surface area contributed by atoms with Crippen LogP contribution in [0.15, 0.2) is 18.2 Å². The number of aryl methyl sites for hydroxylation is 1. The SMILES string of the molecule is Cc1ccc(Cl)cc1N1CCN(C(=O)C2CCCC2)CC1. The smallest absolute Gasteiger partial charge is 0.225 e. The molecule has 0 radical (unpaired) electrons. The zero-order valence-corrected chi connectivity index (χ0v) is 13.4. The highest BCUT2D eigenvalue weighted by Gasteiger charge is 2.29. The van der Waals surface area contributed by atoms with Crippen LogP contribution in [0.2, 0.25) is 5.02 Å². The molecule has 2 fully saturated rings. The summed E-state index contributed by atoms with van der Waals surface area (Å²) < 4.78 is 0. The molecule has 1 saturated carbocycles. The lowest BCUT2D eigenvalue weighted by Gasteiger charge is -2.37. The van der Waals surface area contributed by atoms with Gasteiger partial charge in [-0.05, 0) is 37.5 Å². The fourth-order valence-corrected chi connectivity index (χ4v) is 3.69. The van der Waals surface area contributed by atoms with E-state index in [1.54, 1.807) is 0 Å². The first kappa shape index (κ1) is 14.7. The second-order valence-corrected chi connectivity index (χ2v) is 6.66. The Morgan fingerprint density at radius 2 is 1.81 bits per heavy atom. The van der Waals surface area contributed by atoms with Gasteiger partial charge in [0, 0.05) is 42.8 Å². The number of hydrogen-bond donors (Lipinski definition) is 0. The molecule has 1 aromatic carbocycles. The van der Waals surface area contributed by atoms with Crippen molar-refractivity contribution < 1.29 is 4.79 Å². The van der Waals surface area contributed by atoms with E-state index in [0.717, 1.165) is 44.0 Å². The number of rotatable bonds is 2. The van der Waals surface area contributed by atoms with Crippen molar-refractivity contribution in [2.24, 2.45) is 5.92 Å². The van der Waals surface area contributed by atoms with Gasteiger partial charge in [-0.15, -0.1) is 0 Å². The summed E-state index contributed by atoms with van der Waals surface area (Å²) in [7, 11) is 0. The van der Waals surface area contributed by atoms with Gasteiger partial charge >= 0.3 is 0 Å². The molecule has 3 rings (SSSR count). The Hall–Kier alpha value is -1.22. The summed E-state index contributed by atoms with van der Waals surface area (Å²) >= 11 is 6.11. The summed E-state index contributed by atoms with van der Waals surface area (Å²) in [6, 6.07) is 6.03. The molecule has 0 spiro atoms. The Balaban J connectivity index is 1.62. The third-order valence-electron chi connectivity index (χ3n) is 4.81. The number of hydrogen-bond acceptors (Lipinski definition) is 2. The van der Waals surface area contributed by atoms with Gasteiger partial charge in [-0.1, -0.05) is 30.5 Å². The summed E-state index contributed by atoms with van der Waals surface area (Å²) in [5.74, 6) is 0.680. The standard InChI is InChI=1S/C17H23ClN2O/c1-13-6-7-15(18)12-16(13)19-8-10-20(11-9-19)17(21)14-4-2-3-5-14/h6-7,12,14H,2-5,8-11H2,1H3. The molecule has 4 heteroatoms. The maximum absolute atomic E-state index is 12.5. The zero-order valence-electron chi connectivity index (χ0n) is 12.6. The van der Waals surface area contributed by atoms with Crippen LogP contribution in [-0.4, -0.2) is 37.0 Å². The van der Waals surface area contributed by atoms with E-state index in [2.05, 4.69) is 22.8 Å². The summed E-state index contributed by atoms with van der Waals surface area (Å²) in [6.07, 6.45) is 4.62. The molecular weight excluding hydrogens is 284 g/mol. The number of anilines is 1. The van der Waals surface area contributed by atoms with Gasteiger partial charge in [0.25, 0.3) is 0 Å². The Kier molecular flexibility index (Phi) is 4.39. The topological polar surface area (TPSA) is 23.6 Å².